The molecule has 1 fully saturated rings. The van der Waals surface area contributed by atoms with Crippen LogP contribution in [0.5, 0.6) is 0 Å². The minimum Gasteiger partial charge on any atom is -0.393 e. The SMILES string of the molecule is CCCNc1ccc(C(=O)N2CCC(C(C)O)C2)nc1. The summed E-state index contributed by atoms with van der Waals surface area (Å²) in [6.07, 6.45) is 3.25. The zero-order chi connectivity index (χ0) is 14.5. The number of hydrogen-bond acceptors (Lipinski definition) is 4. The third kappa shape index (κ3) is 3.48. The minimum atomic E-state index is -0.360. The van der Waals surface area contributed by atoms with E-state index in [1.807, 2.05) is 6.07 Å². The van der Waals surface area contributed by atoms with Crippen LogP contribution in [-0.4, -0.2) is 46.6 Å². The Kier molecular flexibility index (Phi) is 4.95. The number of nitrogens with zero attached hydrogens (tertiary/aromatic N) is 2. The lowest BCUT2D eigenvalue weighted by Gasteiger charge is -2.17. The second-order valence-corrected chi connectivity index (χ2v) is 5.40. The molecule has 2 atom stereocenters. The zero-order valence-corrected chi connectivity index (χ0v) is 12.2. The van der Waals surface area contributed by atoms with Crippen LogP contribution in [0.4, 0.5) is 5.69 Å². The fourth-order valence-corrected chi connectivity index (χ4v) is 2.42. The molecule has 0 saturated carbocycles. The van der Waals surface area contributed by atoms with Gasteiger partial charge in [0, 0.05) is 25.6 Å². The maximum atomic E-state index is 12.3. The number of carbonyl (C=O) groups excluding carboxylic acids is 1. The van der Waals surface area contributed by atoms with Crippen LogP contribution in [0.25, 0.3) is 0 Å². The van der Waals surface area contributed by atoms with Gasteiger partial charge in [-0.15, -0.1) is 0 Å². The van der Waals surface area contributed by atoms with Gasteiger partial charge in [-0.25, -0.2) is 4.98 Å². The maximum Gasteiger partial charge on any atom is 0.272 e. The lowest BCUT2D eigenvalue weighted by atomic mass is 10.0. The number of hydrogen-bond donors (Lipinski definition) is 2. The highest BCUT2D eigenvalue weighted by atomic mass is 16.3. The van der Waals surface area contributed by atoms with Crippen molar-refractivity contribution in [2.75, 3.05) is 25.0 Å². The number of carbonyl (C=O) groups is 1. The van der Waals surface area contributed by atoms with Gasteiger partial charge in [-0.2, -0.15) is 0 Å². The van der Waals surface area contributed by atoms with E-state index in [9.17, 15) is 9.90 Å². The van der Waals surface area contributed by atoms with Crippen molar-refractivity contribution in [2.24, 2.45) is 5.92 Å². The Morgan fingerprint density at radius 2 is 2.40 bits per heavy atom. The molecule has 2 unspecified atom stereocenters. The highest BCUT2D eigenvalue weighted by molar-refractivity contribution is 5.92. The van der Waals surface area contributed by atoms with Gasteiger partial charge in [0.1, 0.15) is 5.69 Å². The van der Waals surface area contributed by atoms with Crippen molar-refractivity contribution < 1.29 is 9.90 Å². The molecular formula is C15H23N3O2. The number of pyridine rings is 1. The third-order valence-electron chi connectivity index (χ3n) is 3.76. The van der Waals surface area contributed by atoms with Crippen LogP contribution in [0.1, 0.15) is 37.2 Å². The van der Waals surface area contributed by atoms with Gasteiger partial charge in [0.05, 0.1) is 18.0 Å². The molecule has 0 radical (unpaired) electrons. The standard InChI is InChI=1S/C15H23N3O2/c1-3-7-16-13-4-5-14(17-9-13)15(20)18-8-6-12(10-18)11(2)19/h4-5,9,11-12,16,19H,3,6-8,10H2,1-2H3. The number of amides is 1. The number of rotatable bonds is 5. The highest BCUT2D eigenvalue weighted by Gasteiger charge is 2.29. The third-order valence-corrected chi connectivity index (χ3v) is 3.76. The van der Waals surface area contributed by atoms with Gasteiger partial charge in [-0.3, -0.25) is 4.79 Å². The van der Waals surface area contributed by atoms with Gasteiger partial charge in [-0.1, -0.05) is 6.92 Å². The van der Waals surface area contributed by atoms with Gasteiger partial charge in [-0.05, 0) is 31.9 Å². The van der Waals surface area contributed by atoms with Gasteiger partial charge in [0.25, 0.3) is 5.91 Å². The molecule has 1 saturated heterocycles. The Balaban J connectivity index is 1.96. The van der Waals surface area contributed by atoms with Crippen LogP contribution < -0.4 is 5.32 Å². The molecule has 1 aromatic rings. The number of aliphatic hydroxyl groups is 1. The van der Waals surface area contributed by atoms with Crippen LogP contribution in [-0.2, 0) is 0 Å². The van der Waals surface area contributed by atoms with Crippen molar-refractivity contribution in [3.63, 3.8) is 0 Å². The molecule has 1 amide bonds. The van der Waals surface area contributed by atoms with Crippen molar-refractivity contribution in [3.8, 4) is 0 Å². The summed E-state index contributed by atoms with van der Waals surface area (Å²) in [6, 6.07) is 3.65. The monoisotopic (exact) mass is 277 g/mol. The maximum absolute atomic E-state index is 12.3. The van der Waals surface area contributed by atoms with Gasteiger partial charge >= 0.3 is 0 Å². The normalized spacial score (nSPS) is 19.9. The van der Waals surface area contributed by atoms with Crippen LogP contribution >= 0.6 is 0 Å². The predicted molar refractivity (Wildman–Crippen MR) is 78.7 cm³/mol. The van der Waals surface area contributed by atoms with Crippen molar-refractivity contribution in [3.05, 3.63) is 24.0 Å². The van der Waals surface area contributed by atoms with Crippen molar-refractivity contribution in [1.29, 1.82) is 0 Å². The largest absolute Gasteiger partial charge is 0.393 e. The Morgan fingerprint density at radius 3 is 2.95 bits per heavy atom. The Morgan fingerprint density at radius 1 is 1.60 bits per heavy atom. The van der Waals surface area contributed by atoms with Crippen molar-refractivity contribution in [2.45, 2.75) is 32.8 Å². The summed E-state index contributed by atoms with van der Waals surface area (Å²) >= 11 is 0. The molecule has 0 aromatic carbocycles. The van der Waals surface area contributed by atoms with Crippen molar-refractivity contribution in [1.82, 2.24) is 9.88 Å². The van der Waals surface area contributed by atoms with Crippen LogP contribution in [0.3, 0.4) is 0 Å². The molecule has 0 bridgehead atoms. The molecule has 0 aliphatic carbocycles. The average Bonchev–Trinajstić information content (AvgIpc) is 2.95. The van der Waals surface area contributed by atoms with E-state index >= 15 is 0 Å². The molecule has 2 heterocycles. The topological polar surface area (TPSA) is 65.5 Å². The van der Waals surface area contributed by atoms with Gasteiger partial charge < -0.3 is 15.3 Å². The van der Waals surface area contributed by atoms with Crippen LogP contribution in [0, 0.1) is 5.92 Å². The van der Waals surface area contributed by atoms with E-state index < -0.39 is 0 Å². The molecule has 5 nitrogen and oxygen atoms in total. The first kappa shape index (κ1) is 14.8. The summed E-state index contributed by atoms with van der Waals surface area (Å²) in [5, 5.41) is 12.8. The van der Waals surface area contributed by atoms with Crippen molar-refractivity contribution >= 4 is 11.6 Å². The van der Waals surface area contributed by atoms with Crippen LogP contribution in [0.2, 0.25) is 0 Å². The Hall–Kier alpha value is -1.62. The molecule has 5 heteroatoms. The van der Waals surface area contributed by atoms with E-state index in [4.69, 9.17) is 0 Å². The van der Waals surface area contributed by atoms with E-state index in [0.717, 1.165) is 25.1 Å². The number of aromatic nitrogens is 1. The summed E-state index contributed by atoms with van der Waals surface area (Å²) in [5.74, 6) is 0.139. The summed E-state index contributed by atoms with van der Waals surface area (Å²) < 4.78 is 0. The fourth-order valence-electron chi connectivity index (χ4n) is 2.42. The van der Waals surface area contributed by atoms with E-state index in [1.54, 1.807) is 24.1 Å². The van der Waals surface area contributed by atoms with E-state index in [-0.39, 0.29) is 17.9 Å². The molecule has 2 rings (SSSR count). The summed E-state index contributed by atoms with van der Waals surface area (Å²) in [5.41, 5.74) is 1.41. The number of anilines is 1. The average molecular weight is 277 g/mol. The highest BCUT2D eigenvalue weighted by Crippen LogP contribution is 2.21. The molecule has 110 valence electrons. The van der Waals surface area contributed by atoms with Gasteiger partial charge in [0.15, 0.2) is 0 Å². The first-order chi connectivity index (χ1) is 9.61. The lowest BCUT2D eigenvalue weighted by Crippen LogP contribution is -2.31. The molecule has 0 spiro atoms. The molecule has 1 aromatic heterocycles. The van der Waals surface area contributed by atoms with Crippen LogP contribution in [0.15, 0.2) is 18.3 Å². The second kappa shape index (κ2) is 6.70. The molecule has 1 aliphatic rings. The van der Waals surface area contributed by atoms with E-state index in [0.29, 0.717) is 18.8 Å². The fraction of sp³-hybridized carbons (Fsp3) is 0.600. The smallest absolute Gasteiger partial charge is 0.272 e. The Bertz CT molecular complexity index is 445. The molecule has 1 aliphatic heterocycles. The quantitative estimate of drug-likeness (QED) is 0.860. The second-order valence-electron chi connectivity index (χ2n) is 5.40. The Labute approximate surface area is 120 Å². The first-order valence-electron chi connectivity index (χ1n) is 7.29. The lowest BCUT2D eigenvalue weighted by molar-refractivity contribution is 0.0757. The first-order valence-corrected chi connectivity index (χ1v) is 7.29. The minimum absolute atomic E-state index is 0.0461. The molecular weight excluding hydrogens is 254 g/mol. The van der Waals surface area contributed by atoms with E-state index in [1.165, 1.54) is 0 Å². The number of likely N-dealkylation sites (tertiary alicyclic amines) is 1. The molecule has 20 heavy (non-hydrogen) atoms. The van der Waals surface area contributed by atoms with E-state index in [2.05, 4.69) is 17.2 Å². The predicted octanol–water partition coefficient (Wildman–Crippen LogP) is 1.75. The summed E-state index contributed by atoms with van der Waals surface area (Å²) in [7, 11) is 0. The summed E-state index contributed by atoms with van der Waals surface area (Å²) in [4.78, 5) is 18.3. The number of aliphatic hydroxyl groups excluding tert-OH is 1. The summed E-state index contributed by atoms with van der Waals surface area (Å²) in [6.45, 7) is 6.10. The van der Waals surface area contributed by atoms with Gasteiger partial charge in [0.2, 0.25) is 0 Å². The number of nitrogens with one attached hydrogen (secondary N) is 1. The zero-order valence-electron chi connectivity index (χ0n) is 12.2. The molecule has 2 N–H and O–H groups in total.